The summed E-state index contributed by atoms with van der Waals surface area (Å²) < 4.78 is 9.79. The van der Waals surface area contributed by atoms with E-state index in [2.05, 4.69) is 10.1 Å². The van der Waals surface area contributed by atoms with Crippen LogP contribution in [0.3, 0.4) is 0 Å². The lowest BCUT2D eigenvalue weighted by atomic mass is 10.1. The van der Waals surface area contributed by atoms with Crippen molar-refractivity contribution in [2.75, 3.05) is 13.7 Å². The summed E-state index contributed by atoms with van der Waals surface area (Å²) in [6, 6.07) is -1.17. The van der Waals surface area contributed by atoms with Gasteiger partial charge < -0.3 is 24.5 Å². The molecule has 1 aliphatic rings. The highest BCUT2D eigenvalue weighted by Crippen LogP contribution is 2.21. The molecule has 1 saturated heterocycles. The quantitative estimate of drug-likeness (QED) is 0.591. The number of methoxy groups -OCH3 is 1. The Labute approximate surface area is 141 Å². The zero-order valence-corrected chi connectivity index (χ0v) is 14.7. The van der Waals surface area contributed by atoms with Gasteiger partial charge in [-0.3, -0.25) is 9.59 Å². The van der Waals surface area contributed by atoms with E-state index in [1.54, 1.807) is 20.8 Å². The van der Waals surface area contributed by atoms with E-state index in [-0.39, 0.29) is 19.0 Å². The Balaban J connectivity index is 2.87. The minimum atomic E-state index is -0.791. The van der Waals surface area contributed by atoms with Crippen LogP contribution in [0, 0.1) is 0 Å². The molecule has 24 heavy (non-hydrogen) atoms. The fourth-order valence-electron chi connectivity index (χ4n) is 2.57. The third-order valence-electron chi connectivity index (χ3n) is 3.64. The van der Waals surface area contributed by atoms with E-state index in [1.165, 1.54) is 12.0 Å². The van der Waals surface area contributed by atoms with E-state index in [1.807, 2.05) is 0 Å². The lowest BCUT2D eigenvalue weighted by Crippen LogP contribution is -2.52. The van der Waals surface area contributed by atoms with Crippen LogP contribution < -0.4 is 5.32 Å². The molecule has 1 fully saturated rings. The Bertz CT molecular complexity index is 485. The molecule has 1 rings (SSSR count). The minimum Gasteiger partial charge on any atom is -0.468 e. The number of aldehydes is 1. The number of rotatable bonds is 5. The van der Waals surface area contributed by atoms with Crippen molar-refractivity contribution in [2.45, 2.75) is 64.1 Å². The van der Waals surface area contributed by atoms with Crippen LogP contribution in [0.15, 0.2) is 0 Å². The van der Waals surface area contributed by atoms with Gasteiger partial charge in [-0.2, -0.15) is 0 Å². The Kier molecular flexibility index (Phi) is 7.18. The third kappa shape index (κ3) is 6.17. The van der Waals surface area contributed by atoms with Crippen LogP contribution in [0.25, 0.3) is 0 Å². The molecule has 0 aliphatic carbocycles. The average Bonchev–Trinajstić information content (AvgIpc) is 2.60. The number of esters is 1. The molecule has 0 unspecified atom stereocenters. The largest absolute Gasteiger partial charge is 0.468 e. The molecule has 2 amide bonds. The van der Waals surface area contributed by atoms with Crippen molar-refractivity contribution >= 4 is 24.3 Å². The van der Waals surface area contributed by atoms with Gasteiger partial charge in [-0.15, -0.1) is 0 Å². The summed E-state index contributed by atoms with van der Waals surface area (Å²) in [6.07, 6.45) is 1.82. The monoisotopic (exact) mass is 342 g/mol. The first kappa shape index (κ1) is 19.9. The molecule has 136 valence electrons. The fourth-order valence-corrected chi connectivity index (χ4v) is 2.57. The highest BCUT2D eigenvalue weighted by Gasteiger charge is 2.35. The number of hydrogen-bond acceptors (Lipinski definition) is 6. The van der Waals surface area contributed by atoms with Crippen molar-refractivity contribution in [1.82, 2.24) is 10.2 Å². The van der Waals surface area contributed by atoms with Crippen LogP contribution in [0.2, 0.25) is 0 Å². The van der Waals surface area contributed by atoms with Crippen LogP contribution in [0.5, 0.6) is 0 Å². The molecule has 8 heteroatoms. The number of carbonyl (C=O) groups excluding carboxylic acids is 4. The smallest absolute Gasteiger partial charge is 0.408 e. The van der Waals surface area contributed by atoms with Crippen LogP contribution in [0.1, 0.15) is 46.5 Å². The topological polar surface area (TPSA) is 102 Å². The molecule has 1 heterocycles. The summed E-state index contributed by atoms with van der Waals surface area (Å²) in [7, 11) is 1.23. The van der Waals surface area contributed by atoms with Crippen LogP contribution in [0.4, 0.5) is 4.79 Å². The second kappa shape index (κ2) is 8.65. The van der Waals surface area contributed by atoms with Gasteiger partial charge in [0.15, 0.2) is 0 Å². The average molecular weight is 342 g/mol. The van der Waals surface area contributed by atoms with E-state index in [0.717, 1.165) is 6.29 Å². The minimum absolute atomic E-state index is 0.141. The lowest BCUT2D eigenvalue weighted by molar-refractivity contribution is -0.149. The van der Waals surface area contributed by atoms with Gasteiger partial charge in [-0.05, 0) is 40.0 Å². The Hall–Kier alpha value is -2.12. The molecule has 0 radical (unpaired) electrons. The van der Waals surface area contributed by atoms with Gasteiger partial charge in [0.05, 0.1) is 7.11 Å². The first-order valence-corrected chi connectivity index (χ1v) is 7.98. The Morgan fingerprint density at radius 1 is 1.33 bits per heavy atom. The molecule has 0 bridgehead atoms. The number of ether oxygens (including phenoxy) is 2. The molecule has 0 saturated carbocycles. The Morgan fingerprint density at radius 3 is 2.54 bits per heavy atom. The van der Waals surface area contributed by atoms with Crippen molar-refractivity contribution in [3.05, 3.63) is 0 Å². The maximum absolute atomic E-state index is 12.7. The normalized spacial score (nSPS) is 21.7. The lowest BCUT2D eigenvalue weighted by Gasteiger charge is -2.30. The van der Waals surface area contributed by atoms with Crippen LogP contribution in [-0.4, -0.2) is 60.5 Å². The molecular formula is C16H26N2O6. The van der Waals surface area contributed by atoms with E-state index in [9.17, 15) is 19.2 Å². The number of carbonyl (C=O) groups is 4. The highest BCUT2D eigenvalue weighted by atomic mass is 16.6. The van der Waals surface area contributed by atoms with Gasteiger partial charge in [-0.25, -0.2) is 4.79 Å². The second-order valence-electron chi connectivity index (χ2n) is 6.73. The maximum Gasteiger partial charge on any atom is 0.408 e. The Morgan fingerprint density at radius 2 is 2.00 bits per heavy atom. The standard InChI is InChI=1S/C16H26N2O6/c1-16(2,3)24-15(22)17-12-7-5-6-11(8-9-19)18(14(12)21)10-13(20)23-4/h9,11-12H,5-8,10H2,1-4H3,(H,17,22)/t11-,12+/m1/s1. The van der Waals surface area contributed by atoms with Gasteiger partial charge in [-0.1, -0.05) is 0 Å². The zero-order chi connectivity index (χ0) is 18.3. The summed E-state index contributed by atoms with van der Waals surface area (Å²) in [4.78, 5) is 48.4. The van der Waals surface area contributed by atoms with E-state index < -0.39 is 29.6 Å². The number of alkyl carbamates (subject to hydrolysis) is 1. The predicted molar refractivity (Wildman–Crippen MR) is 85.2 cm³/mol. The molecular weight excluding hydrogens is 316 g/mol. The molecule has 0 aromatic heterocycles. The molecule has 8 nitrogen and oxygen atoms in total. The molecule has 2 atom stereocenters. The summed E-state index contributed by atoms with van der Waals surface area (Å²) >= 11 is 0. The summed E-state index contributed by atoms with van der Waals surface area (Å²) in [5.41, 5.74) is -0.677. The molecule has 0 aromatic rings. The molecule has 0 aromatic carbocycles. The second-order valence-corrected chi connectivity index (χ2v) is 6.73. The maximum atomic E-state index is 12.7. The van der Waals surface area contributed by atoms with Crippen molar-refractivity contribution in [3.8, 4) is 0 Å². The van der Waals surface area contributed by atoms with Crippen molar-refractivity contribution in [2.24, 2.45) is 0 Å². The van der Waals surface area contributed by atoms with Gasteiger partial charge in [0.25, 0.3) is 0 Å². The van der Waals surface area contributed by atoms with E-state index >= 15 is 0 Å². The first-order valence-electron chi connectivity index (χ1n) is 7.98. The predicted octanol–water partition coefficient (Wildman–Crippen LogP) is 1.02. The third-order valence-corrected chi connectivity index (χ3v) is 3.64. The summed E-state index contributed by atoms with van der Waals surface area (Å²) in [5, 5.41) is 2.56. The van der Waals surface area contributed by atoms with Crippen molar-refractivity contribution < 1.29 is 28.7 Å². The molecule has 1 aliphatic heterocycles. The fraction of sp³-hybridized carbons (Fsp3) is 0.750. The van der Waals surface area contributed by atoms with Crippen molar-refractivity contribution in [1.29, 1.82) is 0 Å². The van der Waals surface area contributed by atoms with Gasteiger partial charge in [0.1, 0.15) is 24.5 Å². The molecule has 0 spiro atoms. The number of amides is 2. The number of nitrogens with one attached hydrogen (secondary N) is 1. The van der Waals surface area contributed by atoms with Gasteiger partial charge in [0.2, 0.25) is 5.91 Å². The number of likely N-dealkylation sites (tertiary alicyclic amines) is 1. The summed E-state index contributed by atoms with van der Waals surface area (Å²) in [6.45, 7) is 4.93. The zero-order valence-electron chi connectivity index (χ0n) is 14.7. The van der Waals surface area contributed by atoms with E-state index in [4.69, 9.17) is 4.74 Å². The van der Waals surface area contributed by atoms with Crippen LogP contribution >= 0.6 is 0 Å². The molecule has 1 N–H and O–H groups in total. The SMILES string of the molecule is COC(=O)CN1C(=O)[C@@H](NC(=O)OC(C)(C)C)CCC[C@@H]1CC=O. The first-order chi connectivity index (χ1) is 11.2. The van der Waals surface area contributed by atoms with Crippen molar-refractivity contribution in [3.63, 3.8) is 0 Å². The summed E-state index contributed by atoms with van der Waals surface area (Å²) in [5.74, 6) is -0.979. The number of hydrogen-bond donors (Lipinski definition) is 1. The highest BCUT2D eigenvalue weighted by molar-refractivity contribution is 5.89. The number of nitrogens with zero attached hydrogens (tertiary/aromatic N) is 1. The van der Waals surface area contributed by atoms with E-state index in [0.29, 0.717) is 19.3 Å². The van der Waals surface area contributed by atoms with Gasteiger partial charge >= 0.3 is 12.1 Å². The van der Waals surface area contributed by atoms with Crippen LogP contribution in [-0.2, 0) is 23.9 Å². The van der Waals surface area contributed by atoms with Gasteiger partial charge in [0, 0.05) is 12.5 Å².